The third-order valence-corrected chi connectivity index (χ3v) is 3.61. The third kappa shape index (κ3) is 3.80. The lowest BCUT2D eigenvalue weighted by molar-refractivity contribution is 0.00701. The number of nitrogens with zero attached hydrogens (tertiary/aromatic N) is 2. The van der Waals surface area contributed by atoms with Crippen LogP contribution in [-0.4, -0.2) is 31.9 Å². The highest BCUT2D eigenvalue weighted by atomic mass is 32.1. The zero-order chi connectivity index (χ0) is 18.9. The number of carbonyl (C=O) groups excluding carboxylic acids is 1. The molecule has 0 fully saturated rings. The number of ether oxygens (including phenoxy) is 1. The monoisotopic (exact) mass is 369 g/mol. The molecule has 0 amide bonds. The number of nitrogens with one attached hydrogen (secondary N) is 2. The van der Waals surface area contributed by atoms with E-state index in [2.05, 4.69) is 20.5 Å². The van der Waals surface area contributed by atoms with Crippen LogP contribution in [0.15, 0.2) is 36.5 Å². The number of H-pyrrole nitrogens is 1. The number of aromatic amines is 1. The molecule has 2 aromatic heterocycles. The lowest BCUT2D eigenvalue weighted by atomic mass is 10.0. The van der Waals surface area contributed by atoms with Gasteiger partial charge in [0.2, 0.25) is 0 Å². The molecule has 4 N–H and O–H groups in total. The largest absolute Gasteiger partial charge is 0.456 e. The van der Waals surface area contributed by atoms with Crippen LogP contribution in [0.4, 0.5) is 5.82 Å². The quantitative estimate of drug-likeness (QED) is 0.481. The fraction of sp³-hybridized carbons (Fsp3) is 0.222. The first-order valence-corrected chi connectivity index (χ1v) is 8.39. The van der Waals surface area contributed by atoms with E-state index >= 15 is 0 Å². The van der Waals surface area contributed by atoms with Crippen molar-refractivity contribution in [1.82, 2.24) is 15.2 Å². The van der Waals surface area contributed by atoms with E-state index in [9.17, 15) is 4.79 Å². The molecular formula is C18H19N5O2S. The average Bonchev–Trinajstić information content (AvgIpc) is 2.95. The van der Waals surface area contributed by atoms with Crippen LogP contribution in [0.25, 0.3) is 22.2 Å². The first kappa shape index (κ1) is 17.8. The van der Waals surface area contributed by atoms with Gasteiger partial charge in [-0.2, -0.15) is 5.10 Å². The van der Waals surface area contributed by atoms with E-state index in [1.165, 1.54) is 0 Å². The van der Waals surface area contributed by atoms with Crippen LogP contribution in [0.1, 0.15) is 31.1 Å². The van der Waals surface area contributed by atoms with Crippen LogP contribution in [0.5, 0.6) is 0 Å². The van der Waals surface area contributed by atoms with Crippen LogP contribution in [0.3, 0.4) is 0 Å². The maximum absolute atomic E-state index is 12.6. The number of pyridine rings is 1. The summed E-state index contributed by atoms with van der Waals surface area (Å²) in [6.45, 7) is 5.48. The molecule has 0 spiro atoms. The maximum Gasteiger partial charge on any atom is 0.340 e. The van der Waals surface area contributed by atoms with Gasteiger partial charge in [0, 0.05) is 17.1 Å². The van der Waals surface area contributed by atoms with E-state index in [0.717, 1.165) is 16.5 Å². The summed E-state index contributed by atoms with van der Waals surface area (Å²) in [4.78, 5) is 16.9. The zero-order valence-corrected chi connectivity index (χ0v) is 15.5. The van der Waals surface area contributed by atoms with Crippen molar-refractivity contribution in [2.45, 2.75) is 26.4 Å². The lowest BCUT2D eigenvalue weighted by Crippen LogP contribution is -2.24. The number of benzene rings is 1. The van der Waals surface area contributed by atoms with Crippen molar-refractivity contribution in [2.24, 2.45) is 5.73 Å². The van der Waals surface area contributed by atoms with Gasteiger partial charge in [0.15, 0.2) is 10.9 Å². The summed E-state index contributed by atoms with van der Waals surface area (Å²) in [5.41, 5.74) is 7.44. The van der Waals surface area contributed by atoms with Crippen molar-refractivity contribution in [2.75, 3.05) is 5.32 Å². The van der Waals surface area contributed by atoms with Gasteiger partial charge < -0.3 is 15.8 Å². The molecule has 8 heteroatoms. The number of esters is 1. The normalized spacial score (nSPS) is 11.3. The van der Waals surface area contributed by atoms with E-state index in [0.29, 0.717) is 17.1 Å². The van der Waals surface area contributed by atoms with Crippen molar-refractivity contribution in [1.29, 1.82) is 0 Å². The molecule has 0 atom stereocenters. The SMILES string of the molecule is CC(C)(C)OC(=O)c1cccnc1-c1ccc2[nH]nc(NC(N)=S)c2c1. The second-order valence-electron chi connectivity index (χ2n) is 6.72. The number of hydrogen-bond acceptors (Lipinski definition) is 5. The lowest BCUT2D eigenvalue weighted by Gasteiger charge is -2.20. The molecule has 0 aliphatic carbocycles. The van der Waals surface area contributed by atoms with Gasteiger partial charge in [0.05, 0.1) is 16.8 Å². The van der Waals surface area contributed by atoms with E-state index in [4.69, 9.17) is 22.7 Å². The molecule has 3 aromatic rings. The van der Waals surface area contributed by atoms with Crippen molar-refractivity contribution < 1.29 is 9.53 Å². The fourth-order valence-electron chi connectivity index (χ4n) is 2.51. The number of hydrogen-bond donors (Lipinski definition) is 3. The molecule has 0 bridgehead atoms. The van der Waals surface area contributed by atoms with Crippen LogP contribution in [0, 0.1) is 0 Å². The number of thiocarbonyl (C=S) groups is 1. The van der Waals surface area contributed by atoms with Crippen LogP contribution in [-0.2, 0) is 4.74 Å². The average molecular weight is 369 g/mol. The van der Waals surface area contributed by atoms with Crippen molar-refractivity contribution in [3.63, 3.8) is 0 Å². The van der Waals surface area contributed by atoms with Crippen molar-refractivity contribution in [3.05, 3.63) is 42.1 Å². The Morgan fingerprint density at radius 1 is 1.31 bits per heavy atom. The molecule has 26 heavy (non-hydrogen) atoms. The number of aromatic nitrogens is 3. The summed E-state index contributed by atoms with van der Waals surface area (Å²) in [7, 11) is 0. The minimum absolute atomic E-state index is 0.121. The second-order valence-corrected chi connectivity index (χ2v) is 7.16. The van der Waals surface area contributed by atoms with Crippen LogP contribution in [0.2, 0.25) is 0 Å². The molecule has 1 aromatic carbocycles. The topological polar surface area (TPSA) is 106 Å². The molecule has 2 heterocycles. The van der Waals surface area contributed by atoms with Gasteiger partial charge >= 0.3 is 5.97 Å². The molecule has 0 saturated carbocycles. The minimum atomic E-state index is -0.591. The van der Waals surface area contributed by atoms with E-state index < -0.39 is 11.6 Å². The smallest absolute Gasteiger partial charge is 0.340 e. The van der Waals surface area contributed by atoms with Gasteiger partial charge in [-0.15, -0.1) is 0 Å². The van der Waals surface area contributed by atoms with Gasteiger partial charge in [-0.3, -0.25) is 10.1 Å². The first-order chi connectivity index (χ1) is 12.2. The zero-order valence-electron chi connectivity index (χ0n) is 14.7. The van der Waals surface area contributed by atoms with Crippen LogP contribution >= 0.6 is 12.2 Å². The second kappa shape index (κ2) is 6.72. The Kier molecular flexibility index (Phi) is 4.60. The van der Waals surface area contributed by atoms with E-state index in [1.54, 1.807) is 18.3 Å². The minimum Gasteiger partial charge on any atom is -0.456 e. The summed E-state index contributed by atoms with van der Waals surface area (Å²) in [5.74, 6) is 0.0958. The van der Waals surface area contributed by atoms with Crippen molar-refractivity contribution >= 4 is 40.0 Å². The fourth-order valence-corrected chi connectivity index (χ4v) is 2.60. The predicted octanol–water partition coefficient (Wildman–Crippen LogP) is 3.24. The Labute approximate surface area is 156 Å². The molecule has 0 aliphatic rings. The highest BCUT2D eigenvalue weighted by molar-refractivity contribution is 7.80. The molecule has 0 unspecified atom stereocenters. The van der Waals surface area contributed by atoms with Crippen molar-refractivity contribution in [3.8, 4) is 11.3 Å². The number of fused-ring (bicyclic) bond motifs is 1. The Balaban J connectivity index is 2.07. The molecule has 0 radical (unpaired) electrons. The van der Waals surface area contributed by atoms with Gasteiger partial charge in [0.1, 0.15) is 5.60 Å². The molecule has 0 aliphatic heterocycles. The maximum atomic E-state index is 12.6. The Bertz CT molecular complexity index is 991. The predicted molar refractivity (Wildman–Crippen MR) is 105 cm³/mol. The Morgan fingerprint density at radius 3 is 2.77 bits per heavy atom. The number of nitrogens with two attached hydrogens (primary N) is 1. The highest BCUT2D eigenvalue weighted by Gasteiger charge is 2.22. The van der Waals surface area contributed by atoms with E-state index in [1.807, 2.05) is 39.0 Å². The Hall–Kier alpha value is -3.00. The molecule has 0 saturated heterocycles. The Morgan fingerprint density at radius 2 is 2.08 bits per heavy atom. The van der Waals surface area contributed by atoms with Gasteiger partial charge in [-0.1, -0.05) is 6.07 Å². The van der Waals surface area contributed by atoms with Gasteiger partial charge in [-0.05, 0) is 57.3 Å². The summed E-state index contributed by atoms with van der Waals surface area (Å²) >= 11 is 4.88. The number of carbonyl (C=O) groups is 1. The van der Waals surface area contributed by atoms with Gasteiger partial charge in [0.25, 0.3) is 0 Å². The molecule has 134 valence electrons. The standard InChI is InChI=1S/C18H19N5O2S/c1-18(2,3)25-16(24)11-5-4-8-20-14(11)10-6-7-13-12(9-10)15(23-22-13)21-17(19)26/h4-9H,1-3H3,(H4,19,21,22,23,26). The molecular weight excluding hydrogens is 350 g/mol. The van der Waals surface area contributed by atoms with Gasteiger partial charge in [-0.25, -0.2) is 4.79 Å². The number of anilines is 1. The molecule has 3 rings (SSSR count). The highest BCUT2D eigenvalue weighted by Crippen LogP contribution is 2.29. The summed E-state index contributed by atoms with van der Waals surface area (Å²) in [6.07, 6.45) is 1.64. The van der Waals surface area contributed by atoms with E-state index in [-0.39, 0.29) is 5.11 Å². The summed E-state index contributed by atoms with van der Waals surface area (Å²) in [5, 5.41) is 10.8. The summed E-state index contributed by atoms with van der Waals surface area (Å²) < 4.78 is 5.49. The first-order valence-electron chi connectivity index (χ1n) is 7.98. The third-order valence-electron chi connectivity index (χ3n) is 3.50. The summed E-state index contributed by atoms with van der Waals surface area (Å²) in [6, 6.07) is 9.00. The van der Waals surface area contributed by atoms with Crippen LogP contribution < -0.4 is 11.1 Å². The molecule has 7 nitrogen and oxygen atoms in total. The number of rotatable bonds is 3.